The maximum Gasteiger partial charge on any atom is 0.522 e. The molecule has 0 fully saturated rings. The first-order chi connectivity index (χ1) is 3.25. The molecular weight excluding hydrogens is 180 g/mol. The molecule has 0 aromatic heterocycles. The number of alkyl halides is 3. The van der Waals surface area contributed by atoms with Crippen LogP contribution in [0.2, 0.25) is 0 Å². The van der Waals surface area contributed by atoms with Crippen LogP contribution in [-0.2, 0) is 10.1 Å². The monoisotopic (exact) mass is 181 g/mol. The number of hydrogen-bond acceptors (Lipinski definition) is 2. The lowest BCUT2D eigenvalue weighted by atomic mass is 11.6. The SMILES string of the molecule is O=S(=O)(O)C(F)(F)F.[P]. The lowest BCUT2D eigenvalue weighted by Crippen LogP contribution is -2.21. The van der Waals surface area contributed by atoms with E-state index in [0.29, 0.717) is 0 Å². The Morgan fingerprint density at radius 3 is 1.33 bits per heavy atom. The molecule has 0 unspecified atom stereocenters. The maximum absolute atomic E-state index is 10.7. The van der Waals surface area contributed by atoms with Crippen molar-refractivity contribution in [2.24, 2.45) is 0 Å². The van der Waals surface area contributed by atoms with Gasteiger partial charge in [-0.3, -0.25) is 4.55 Å². The van der Waals surface area contributed by atoms with Crippen molar-refractivity contribution in [2.75, 3.05) is 0 Å². The van der Waals surface area contributed by atoms with E-state index in [1.807, 2.05) is 0 Å². The third kappa shape index (κ3) is 3.66. The van der Waals surface area contributed by atoms with Gasteiger partial charge in [0.1, 0.15) is 0 Å². The Kier molecular flexibility index (Phi) is 3.70. The van der Waals surface area contributed by atoms with Crippen molar-refractivity contribution in [1.82, 2.24) is 0 Å². The largest absolute Gasteiger partial charge is 0.522 e. The molecule has 0 rings (SSSR count). The van der Waals surface area contributed by atoms with Gasteiger partial charge in [0.25, 0.3) is 0 Å². The van der Waals surface area contributed by atoms with Gasteiger partial charge in [0, 0.05) is 9.90 Å². The van der Waals surface area contributed by atoms with Crippen LogP contribution in [0.1, 0.15) is 0 Å². The zero-order chi connectivity index (χ0) is 7.00. The molecule has 0 aliphatic heterocycles. The molecule has 3 radical (unpaired) electrons. The highest BCUT2D eigenvalue weighted by Gasteiger charge is 2.44. The lowest BCUT2D eigenvalue weighted by molar-refractivity contribution is -0.0510. The van der Waals surface area contributed by atoms with Crippen LogP contribution in [0.3, 0.4) is 0 Å². The van der Waals surface area contributed by atoms with E-state index in [2.05, 4.69) is 0 Å². The topological polar surface area (TPSA) is 54.4 Å². The minimum atomic E-state index is -5.84. The van der Waals surface area contributed by atoms with E-state index < -0.39 is 15.6 Å². The minimum absolute atomic E-state index is 0. The van der Waals surface area contributed by atoms with E-state index in [9.17, 15) is 13.2 Å². The van der Waals surface area contributed by atoms with Gasteiger partial charge in [0.2, 0.25) is 0 Å². The van der Waals surface area contributed by atoms with Crippen LogP contribution in [-0.4, -0.2) is 18.5 Å². The van der Waals surface area contributed by atoms with Crippen molar-refractivity contribution in [3.8, 4) is 0 Å². The molecule has 0 saturated carbocycles. The molecule has 0 bridgehead atoms. The Morgan fingerprint density at radius 1 is 1.22 bits per heavy atom. The number of rotatable bonds is 0. The van der Waals surface area contributed by atoms with Gasteiger partial charge in [-0.1, -0.05) is 0 Å². The second kappa shape index (κ2) is 2.81. The summed E-state index contributed by atoms with van der Waals surface area (Å²) < 4.78 is 57.5. The summed E-state index contributed by atoms with van der Waals surface area (Å²) in [7, 11) is -5.84. The molecule has 55 valence electrons. The second-order valence-electron chi connectivity index (χ2n) is 0.921. The average molecular weight is 181 g/mol. The van der Waals surface area contributed by atoms with Gasteiger partial charge in [-0.25, -0.2) is 0 Å². The maximum atomic E-state index is 10.7. The predicted octanol–water partition coefficient (Wildman–Crippen LogP) is 1.26. The molecule has 0 aliphatic carbocycles. The van der Waals surface area contributed by atoms with Gasteiger partial charge < -0.3 is 0 Å². The number of halogens is 3. The summed E-state index contributed by atoms with van der Waals surface area (Å²) in [6, 6.07) is 0. The van der Waals surface area contributed by atoms with Crippen molar-refractivity contribution < 1.29 is 26.1 Å². The summed E-state index contributed by atoms with van der Waals surface area (Å²) >= 11 is 0. The van der Waals surface area contributed by atoms with E-state index in [1.165, 1.54) is 0 Å². The van der Waals surface area contributed by atoms with E-state index in [-0.39, 0.29) is 9.90 Å². The normalized spacial score (nSPS) is 12.4. The van der Waals surface area contributed by atoms with E-state index >= 15 is 0 Å². The highest BCUT2D eigenvalue weighted by Crippen LogP contribution is 2.20. The van der Waals surface area contributed by atoms with Gasteiger partial charge in [-0.05, 0) is 0 Å². The van der Waals surface area contributed by atoms with Crippen LogP contribution >= 0.6 is 9.90 Å². The third-order valence-electron chi connectivity index (χ3n) is 0.292. The van der Waals surface area contributed by atoms with Crippen LogP contribution < -0.4 is 0 Å². The lowest BCUT2D eigenvalue weighted by Gasteiger charge is -1.97. The molecule has 9 heavy (non-hydrogen) atoms. The molecular formula is CHF3O3PS. The fourth-order valence-electron chi connectivity index (χ4n) is 0. The van der Waals surface area contributed by atoms with Crippen LogP contribution in [0, 0.1) is 0 Å². The van der Waals surface area contributed by atoms with E-state index in [4.69, 9.17) is 13.0 Å². The average Bonchev–Trinajstić information content (AvgIpc) is 1.25. The molecule has 0 atom stereocenters. The Morgan fingerprint density at radius 2 is 1.33 bits per heavy atom. The Bertz CT molecular complexity index is 168. The van der Waals surface area contributed by atoms with Crippen molar-refractivity contribution in [3.05, 3.63) is 0 Å². The van der Waals surface area contributed by atoms with Gasteiger partial charge in [-0.15, -0.1) is 0 Å². The fraction of sp³-hybridized carbons (Fsp3) is 1.00. The molecule has 0 saturated heterocycles. The second-order valence-corrected chi connectivity index (χ2v) is 2.33. The molecule has 3 nitrogen and oxygen atoms in total. The van der Waals surface area contributed by atoms with Gasteiger partial charge in [0.15, 0.2) is 0 Å². The van der Waals surface area contributed by atoms with Crippen molar-refractivity contribution >= 4 is 20.0 Å². The summed E-state index contributed by atoms with van der Waals surface area (Å²) in [5.41, 5.74) is -5.53. The molecule has 0 amide bonds. The first kappa shape index (κ1) is 11.9. The summed E-state index contributed by atoms with van der Waals surface area (Å²) in [4.78, 5) is 0. The van der Waals surface area contributed by atoms with Crippen molar-refractivity contribution in [3.63, 3.8) is 0 Å². The first-order valence-electron chi connectivity index (χ1n) is 1.29. The van der Waals surface area contributed by atoms with E-state index in [0.717, 1.165) is 0 Å². The first-order valence-corrected chi connectivity index (χ1v) is 2.73. The fourth-order valence-corrected chi connectivity index (χ4v) is 0. The Hall–Kier alpha value is 0.130. The third-order valence-corrected chi connectivity index (χ3v) is 0.877. The molecule has 0 aromatic rings. The molecule has 0 heterocycles. The van der Waals surface area contributed by atoms with Gasteiger partial charge >= 0.3 is 15.6 Å². The van der Waals surface area contributed by atoms with Crippen LogP contribution in [0.15, 0.2) is 0 Å². The Balaban J connectivity index is 0. The highest BCUT2D eigenvalue weighted by atomic mass is 32.2. The van der Waals surface area contributed by atoms with Crippen LogP contribution in [0.4, 0.5) is 13.2 Å². The zero-order valence-electron chi connectivity index (χ0n) is 3.75. The quantitative estimate of drug-likeness (QED) is 0.347. The minimum Gasteiger partial charge on any atom is -0.279 e. The molecule has 8 heteroatoms. The summed E-state index contributed by atoms with van der Waals surface area (Å²) in [6.45, 7) is 0. The zero-order valence-corrected chi connectivity index (χ0v) is 5.46. The van der Waals surface area contributed by atoms with Crippen LogP contribution in [0.25, 0.3) is 0 Å². The molecule has 1 N–H and O–H groups in total. The molecule has 0 aromatic carbocycles. The Labute approximate surface area is 52.6 Å². The summed E-state index contributed by atoms with van der Waals surface area (Å²) in [5, 5.41) is 0. The van der Waals surface area contributed by atoms with Crippen molar-refractivity contribution in [2.45, 2.75) is 5.51 Å². The van der Waals surface area contributed by atoms with Gasteiger partial charge in [-0.2, -0.15) is 21.6 Å². The smallest absolute Gasteiger partial charge is 0.279 e. The summed E-state index contributed by atoms with van der Waals surface area (Å²) in [5.74, 6) is 0. The molecule has 0 aliphatic rings. The van der Waals surface area contributed by atoms with E-state index in [1.54, 1.807) is 0 Å². The highest BCUT2D eigenvalue weighted by molar-refractivity contribution is 7.86. The summed E-state index contributed by atoms with van der Waals surface area (Å²) in [6.07, 6.45) is 0. The predicted molar refractivity (Wildman–Crippen MR) is 24.5 cm³/mol. The number of hydrogen-bond donors (Lipinski definition) is 1. The standard InChI is InChI=1S/CHF3O3S.P/c2-1(3,4)8(5,6)7;/h(H,5,6,7);. The van der Waals surface area contributed by atoms with Gasteiger partial charge in [0.05, 0.1) is 0 Å². The van der Waals surface area contributed by atoms with Crippen molar-refractivity contribution in [1.29, 1.82) is 0 Å². The molecule has 0 spiro atoms. The van der Waals surface area contributed by atoms with Crippen LogP contribution in [0.5, 0.6) is 0 Å².